The molecule has 1 atom stereocenters. The van der Waals surface area contributed by atoms with Gasteiger partial charge in [-0.15, -0.1) is 5.10 Å². The van der Waals surface area contributed by atoms with Crippen molar-refractivity contribution in [2.45, 2.75) is 24.8 Å². The minimum absolute atomic E-state index is 0.0799. The predicted octanol–water partition coefficient (Wildman–Crippen LogP) is 4.75. The highest BCUT2D eigenvalue weighted by atomic mass is 19.4. The first-order chi connectivity index (χ1) is 15.0. The van der Waals surface area contributed by atoms with E-state index in [4.69, 9.17) is 0 Å². The van der Waals surface area contributed by atoms with E-state index in [2.05, 4.69) is 20.4 Å². The summed E-state index contributed by atoms with van der Waals surface area (Å²) in [6, 6.07) is 8.84. The van der Waals surface area contributed by atoms with Crippen molar-refractivity contribution in [1.82, 2.24) is 20.2 Å². The van der Waals surface area contributed by atoms with E-state index in [0.29, 0.717) is 12.1 Å². The molecule has 0 amide bonds. The molecule has 1 aliphatic rings. The summed E-state index contributed by atoms with van der Waals surface area (Å²) in [6.45, 7) is -0.102. The van der Waals surface area contributed by atoms with Gasteiger partial charge in [0.1, 0.15) is 0 Å². The van der Waals surface area contributed by atoms with Crippen LogP contribution in [0.25, 0.3) is 0 Å². The number of rotatable bonds is 5. The first-order valence-electron chi connectivity index (χ1n) is 9.41. The molecule has 1 aromatic heterocycles. The zero-order valence-electron chi connectivity index (χ0n) is 16.6. The first-order valence-corrected chi connectivity index (χ1v) is 9.41. The monoisotopic (exact) mass is 454 g/mol. The second-order valence-electron chi connectivity index (χ2n) is 7.32. The summed E-state index contributed by atoms with van der Waals surface area (Å²) < 4.78 is 79.5. The van der Waals surface area contributed by atoms with Crippen LogP contribution in [0.5, 0.6) is 0 Å². The molecule has 0 fully saturated rings. The van der Waals surface area contributed by atoms with E-state index in [-0.39, 0.29) is 36.6 Å². The van der Waals surface area contributed by atoms with Gasteiger partial charge < -0.3 is 4.90 Å². The third-order valence-electron chi connectivity index (χ3n) is 4.95. The van der Waals surface area contributed by atoms with Crippen molar-refractivity contribution >= 4 is 17.9 Å². The van der Waals surface area contributed by atoms with Crippen LogP contribution < -0.4 is 4.90 Å². The summed E-state index contributed by atoms with van der Waals surface area (Å²) in [4.78, 5) is 6.97. The summed E-state index contributed by atoms with van der Waals surface area (Å²) in [6.07, 6.45) is -8.17. The summed E-state index contributed by atoms with van der Waals surface area (Å²) >= 11 is 0. The highest BCUT2D eigenvalue weighted by molar-refractivity contribution is 5.81. The summed E-state index contributed by atoms with van der Waals surface area (Å²) in [5, 5.41) is 11.7. The fourth-order valence-electron chi connectivity index (χ4n) is 3.50. The van der Waals surface area contributed by atoms with Gasteiger partial charge in [0.15, 0.2) is 0 Å². The van der Waals surface area contributed by atoms with Crippen molar-refractivity contribution < 1.29 is 26.3 Å². The van der Waals surface area contributed by atoms with E-state index in [1.54, 1.807) is 6.21 Å². The number of hydrogen-bond donors (Lipinski definition) is 0. The molecule has 6 nitrogen and oxygen atoms in total. The first kappa shape index (κ1) is 21.8. The molecule has 168 valence electrons. The Morgan fingerprint density at radius 2 is 1.62 bits per heavy atom. The van der Waals surface area contributed by atoms with Crippen LogP contribution in [0.1, 0.15) is 28.2 Å². The molecule has 2 aromatic carbocycles. The van der Waals surface area contributed by atoms with E-state index >= 15 is 0 Å². The lowest BCUT2D eigenvalue weighted by Crippen LogP contribution is -2.29. The number of tetrazole rings is 1. The number of aromatic nitrogens is 4. The Kier molecular flexibility index (Phi) is 5.39. The van der Waals surface area contributed by atoms with Crippen LogP contribution in [0.15, 0.2) is 47.5 Å². The van der Waals surface area contributed by atoms with Gasteiger partial charge in [-0.2, -0.15) is 31.1 Å². The molecule has 0 bridgehead atoms. The fourth-order valence-corrected chi connectivity index (χ4v) is 3.50. The molecule has 0 radical (unpaired) electrons. The SMILES string of the molecule is Cn1nnc(N(Cc2cc(C(F)(F)F)cc(C(F)(F)F)c2)CC2C=Nc3ccccc32)n1. The number of nitrogens with zero attached hydrogens (tertiary/aromatic N) is 6. The Labute approximate surface area is 178 Å². The smallest absolute Gasteiger partial charge is 0.333 e. The lowest BCUT2D eigenvalue weighted by molar-refractivity contribution is -0.143. The topological polar surface area (TPSA) is 59.2 Å². The van der Waals surface area contributed by atoms with E-state index in [1.807, 2.05) is 24.3 Å². The van der Waals surface area contributed by atoms with Crippen molar-refractivity contribution in [1.29, 1.82) is 0 Å². The lowest BCUT2D eigenvalue weighted by atomic mass is 10.00. The number of benzene rings is 2. The maximum Gasteiger partial charge on any atom is 0.416 e. The predicted molar refractivity (Wildman–Crippen MR) is 104 cm³/mol. The van der Waals surface area contributed by atoms with E-state index < -0.39 is 23.5 Å². The number of halogens is 6. The second-order valence-corrected chi connectivity index (χ2v) is 7.32. The minimum Gasteiger partial charge on any atom is -0.333 e. The van der Waals surface area contributed by atoms with Gasteiger partial charge in [-0.3, -0.25) is 4.99 Å². The van der Waals surface area contributed by atoms with Crippen molar-refractivity contribution in [3.8, 4) is 0 Å². The summed E-state index contributed by atoms with van der Waals surface area (Å²) in [7, 11) is 1.51. The van der Waals surface area contributed by atoms with Crippen molar-refractivity contribution in [3.63, 3.8) is 0 Å². The Bertz CT molecular complexity index is 1120. The molecule has 1 unspecified atom stereocenters. The van der Waals surface area contributed by atoms with Crippen molar-refractivity contribution in [3.05, 3.63) is 64.7 Å². The molecule has 3 aromatic rings. The molecule has 1 aliphatic heterocycles. The molecule has 0 spiro atoms. The highest BCUT2D eigenvalue weighted by Crippen LogP contribution is 2.37. The van der Waals surface area contributed by atoms with Gasteiger partial charge in [0, 0.05) is 25.2 Å². The maximum absolute atomic E-state index is 13.3. The summed E-state index contributed by atoms with van der Waals surface area (Å²) in [5.74, 6) is -0.167. The van der Waals surface area contributed by atoms with Gasteiger partial charge in [0.05, 0.1) is 23.9 Å². The number of alkyl halides is 6. The number of hydrogen-bond acceptors (Lipinski definition) is 5. The van der Waals surface area contributed by atoms with Crippen LogP contribution in [-0.4, -0.2) is 33.0 Å². The van der Waals surface area contributed by atoms with E-state index in [9.17, 15) is 26.3 Å². The van der Waals surface area contributed by atoms with Gasteiger partial charge in [0.25, 0.3) is 5.95 Å². The second kappa shape index (κ2) is 7.92. The van der Waals surface area contributed by atoms with Gasteiger partial charge in [-0.05, 0) is 40.6 Å². The quantitative estimate of drug-likeness (QED) is 0.522. The molecule has 0 N–H and O–H groups in total. The van der Waals surface area contributed by atoms with Gasteiger partial charge in [0.2, 0.25) is 0 Å². The third-order valence-corrected chi connectivity index (χ3v) is 4.95. The van der Waals surface area contributed by atoms with Gasteiger partial charge in [-0.1, -0.05) is 23.3 Å². The fraction of sp³-hybridized carbons (Fsp3) is 0.300. The van der Waals surface area contributed by atoms with Crippen molar-refractivity contribution in [2.75, 3.05) is 11.4 Å². The number of anilines is 1. The van der Waals surface area contributed by atoms with Crippen LogP contribution >= 0.6 is 0 Å². The highest BCUT2D eigenvalue weighted by Gasteiger charge is 2.37. The average molecular weight is 454 g/mol. The Morgan fingerprint density at radius 1 is 0.969 bits per heavy atom. The number of aryl methyl sites for hydroxylation is 1. The Morgan fingerprint density at radius 3 is 2.22 bits per heavy atom. The zero-order valence-corrected chi connectivity index (χ0v) is 16.6. The largest absolute Gasteiger partial charge is 0.416 e. The normalized spacial score (nSPS) is 15.8. The third kappa shape index (κ3) is 4.58. The molecule has 0 saturated carbocycles. The number of aliphatic imine (C=N–C) groups is 1. The van der Waals surface area contributed by atoms with Crippen LogP contribution in [0, 0.1) is 0 Å². The lowest BCUT2D eigenvalue weighted by Gasteiger charge is -2.24. The van der Waals surface area contributed by atoms with Crippen LogP contribution in [-0.2, 0) is 25.9 Å². The van der Waals surface area contributed by atoms with E-state index in [0.717, 1.165) is 16.0 Å². The van der Waals surface area contributed by atoms with Crippen LogP contribution in [0.2, 0.25) is 0 Å². The Balaban J connectivity index is 1.70. The molecule has 12 heteroatoms. The number of fused-ring (bicyclic) bond motifs is 1. The molecular weight excluding hydrogens is 438 g/mol. The van der Waals surface area contributed by atoms with Crippen LogP contribution in [0.3, 0.4) is 0 Å². The minimum atomic E-state index is -4.93. The molecular formula is C20H16F6N6. The van der Waals surface area contributed by atoms with Gasteiger partial charge in [-0.25, -0.2) is 0 Å². The standard InChI is InChI=1S/C20H16F6N6/c1-31-29-18(28-30-31)32(11-13-9-27-17-5-3-2-4-16(13)17)10-12-6-14(19(21,22)23)8-15(7-12)20(24,25)26/h2-9,13H,10-11H2,1H3. The summed E-state index contributed by atoms with van der Waals surface area (Å²) in [5.41, 5.74) is -1.28. The van der Waals surface area contributed by atoms with E-state index in [1.165, 1.54) is 11.9 Å². The van der Waals surface area contributed by atoms with Crippen LogP contribution in [0.4, 0.5) is 38.0 Å². The molecule has 0 saturated heterocycles. The number of para-hydroxylation sites is 1. The molecule has 0 aliphatic carbocycles. The molecule has 2 heterocycles. The average Bonchev–Trinajstić information content (AvgIpc) is 3.32. The Hall–Kier alpha value is -3.44. The van der Waals surface area contributed by atoms with Crippen molar-refractivity contribution in [2.24, 2.45) is 12.0 Å². The molecule has 4 rings (SSSR count). The zero-order chi connectivity index (χ0) is 23.1. The molecule has 32 heavy (non-hydrogen) atoms. The maximum atomic E-state index is 13.3. The van der Waals surface area contributed by atoms with Gasteiger partial charge >= 0.3 is 12.4 Å².